The number of aryl methyl sites for hydroxylation is 1. The van der Waals surface area contributed by atoms with Gasteiger partial charge in [0.15, 0.2) is 0 Å². The molecule has 2 fully saturated rings. The predicted octanol–water partition coefficient (Wildman–Crippen LogP) is 1.51. The number of amides is 1. The number of carbonyl (C=O) groups excluding carboxylic acids is 1. The Hall–Kier alpha value is -2.08. The standard InChI is InChI=1S/C18H23N3O3/c1-19-13-6-2-3-7-14(13)21(18(19)23)12-17(22)20-10-11-24-16-9-5-4-8-15(16)20/h2-3,6-7,15-16H,4-5,8-12H2,1H3/t15-,16+/m1/s1. The molecule has 1 aromatic heterocycles. The highest BCUT2D eigenvalue weighted by Gasteiger charge is 2.36. The lowest BCUT2D eigenvalue weighted by Crippen LogP contribution is -2.55. The highest BCUT2D eigenvalue weighted by Crippen LogP contribution is 2.28. The molecule has 128 valence electrons. The average Bonchev–Trinajstić information content (AvgIpc) is 2.86. The fourth-order valence-corrected chi connectivity index (χ4v) is 4.15. The SMILES string of the molecule is Cn1c(=O)n(CC(=O)N2CCO[C@H]3CCCC[C@H]32)c2ccccc21. The maximum atomic E-state index is 12.9. The molecule has 1 aliphatic carbocycles. The number of benzene rings is 1. The Balaban J connectivity index is 1.62. The van der Waals surface area contributed by atoms with Gasteiger partial charge in [-0.05, 0) is 25.0 Å². The van der Waals surface area contributed by atoms with Crippen molar-refractivity contribution in [1.29, 1.82) is 0 Å². The van der Waals surface area contributed by atoms with Gasteiger partial charge in [0.25, 0.3) is 0 Å². The summed E-state index contributed by atoms with van der Waals surface area (Å²) in [7, 11) is 1.75. The smallest absolute Gasteiger partial charge is 0.329 e. The molecule has 2 aliphatic rings. The van der Waals surface area contributed by atoms with Crippen molar-refractivity contribution in [3.8, 4) is 0 Å². The fourth-order valence-electron chi connectivity index (χ4n) is 4.15. The van der Waals surface area contributed by atoms with Gasteiger partial charge in [0.1, 0.15) is 6.54 Å². The number of rotatable bonds is 2. The lowest BCUT2D eigenvalue weighted by Gasteiger charge is -2.43. The Kier molecular flexibility index (Phi) is 3.92. The van der Waals surface area contributed by atoms with Crippen molar-refractivity contribution < 1.29 is 9.53 Å². The summed E-state index contributed by atoms with van der Waals surface area (Å²) in [4.78, 5) is 27.4. The van der Waals surface area contributed by atoms with E-state index < -0.39 is 0 Å². The number of carbonyl (C=O) groups is 1. The predicted molar refractivity (Wildman–Crippen MR) is 90.9 cm³/mol. The number of imidazole rings is 1. The van der Waals surface area contributed by atoms with Crippen LogP contribution in [-0.2, 0) is 23.1 Å². The molecule has 0 bridgehead atoms. The second-order valence-electron chi connectivity index (χ2n) is 6.76. The van der Waals surface area contributed by atoms with E-state index in [2.05, 4.69) is 0 Å². The average molecular weight is 329 g/mol. The maximum absolute atomic E-state index is 12.9. The summed E-state index contributed by atoms with van der Waals surface area (Å²) in [5.74, 6) is 0.0219. The van der Waals surface area contributed by atoms with Crippen LogP contribution < -0.4 is 5.69 Å². The molecule has 0 N–H and O–H groups in total. The quantitative estimate of drug-likeness (QED) is 0.839. The number of hydrogen-bond acceptors (Lipinski definition) is 3. The summed E-state index contributed by atoms with van der Waals surface area (Å²) < 4.78 is 9.03. The van der Waals surface area contributed by atoms with Gasteiger partial charge in [-0.15, -0.1) is 0 Å². The minimum absolute atomic E-state index is 0.0219. The molecule has 1 aromatic carbocycles. The van der Waals surface area contributed by atoms with Crippen molar-refractivity contribution in [2.75, 3.05) is 13.2 Å². The fraction of sp³-hybridized carbons (Fsp3) is 0.556. The van der Waals surface area contributed by atoms with Gasteiger partial charge in [0.05, 0.1) is 29.8 Å². The topological polar surface area (TPSA) is 56.5 Å². The molecule has 2 aromatic rings. The third-order valence-corrected chi connectivity index (χ3v) is 5.40. The zero-order valence-corrected chi connectivity index (χ0v) is 14.0. The molecule has 2 atom stereocenters. The minimum atomic E-state index is -0.141. The number of aromatic nitrogens is 2. The van der Waals surface area contributed by atoms with Gasteiger partial charge in [-0.2, -0.15) is 0 Å². The second-order valence-corrected chi connectivity index (χ2v) is 6.76. The van der Waals surface area contributed by atoms with Gasteiger partial charge in [0.2, 0.25) is 5.91 Å². The van der Waals surface area contributed by atoms with Crippen molar-refractivity contribution >= 4 is 16.9 Å². The molecular formula is C18H23N3O3. The lowest BCUT2D eigenvalue weighted by atomic mass is 9.90. The Morgan fingerprint density at radius 2 is 1.96 bits per heavy atom. The molecule has 0 spiro atoms. The summed E-state index contributed by atoms with van der Waals surface area (Å²) >= 11 is 0. The molecule has 1 saturated carbocycles. The monoisotopic (exact) mass is 329 g/mol. The van der Waals surface area contributed by atoms with Gasteiger partial charge in [0, 0.05) is 13.6 Å². The normalized spacial score (nSPS) is 24.1. The zero-order valence-electron chi connectivity index (χ0n) is 14.0. The van der Waals surface area contributed by atoms with E-state index in [1.54, 1.807) is 16.2 Å². The van der Waals surface area contributed by atoms with E-state index in [9.17, 15) is 9.59 Å². The van der Waals surface area contributed by atoms with E-state index in [1.165, 1.54) is 6.42 Å². The van der Waals surface area contributed by atoms with E-state index in [0.29, 0.717) is 13.2 Å². The molecule has 24 heavy (non-hydrogen) atoms. The van der Waals surface area contributed by atoms with Crippen molar-refractivity contribution in [3.63, 3.8) is 0 Å². The van der Waals surface area contributed by atoms with Crippen LogP contribution in [0.3, 0.4) is 0 Å². The molecule has 6 nitrogen and oxygen atoms in total. The van der Waals surface area contributed by atoms with Gasteiger partial charge in [-0.1, -0.05) is 25.0 Å². The summed E-state index contributed by atoms with van der Waals surface area (Å²) in [6.07, 6.45) is 4.51. The number of hydrogen-bond donors (Lipinski definition) is 0. The highest BCUT2D eigenvalue weighted by molar-refractivity contribution is 5.81. The third-order valence-electron chi connectivity index (χ3n) is 5.40. The van der Waals surface area contributed by atoms with Crippen LogP contribution in [-0.4, -0.2) is 45.2 Å². The van der Waals surface area contributed by atoms with Crippen LogP contribution in [0.2, 0.25) is 0 Å². The first-order valence-electron chi connectivity index (χ1n) is 8.72. The van der Waals surface area contributed by atoms with Gasteiger partial charge < -0.3 is 9.64 Å². The number of ether oxygens (including phenoxy) is 1. The van der Waals surface area contributed by atoms with Gasteiger partial charge >= 0.3 is 5.69 Å². The summed E-state index contributed by atoms with van der Waals surface area (Å²) in [5, 5.41) is 0. The molecule has 0 radical (unpaired) electrons. The van der Waals surface area contributed by atoms with Gasteiger partial charge in [-0.3, -0.25) is 13.9 Å². The highest BCUT2D eigenvalue weighted by atomic mass is 16.5. The molecule has 1 saturated heterocycles. The largest absolute Gasteiger partial charge is 0.374 e. The first-order chi connectivity index (χ1) is 11.7. The number of nitrogens with zero attached hydrogens (tertiary/aromatic N) is 3. The summed E-state index contributed by atoms with van der Waals surface area (Å²) in [5.41, 5.74) is 1.53. The maximum Gasteiger partial charge on any atom is 0.329 e. The van der Waals surface area contributed by atoms with Crippen LogP contribution in [0, 0.1) is 0 Å². The Morgan fingerprint density at radius 3 is 2.79 bits per heavy atom. The lowest BCUT2D eigenvalue weighted by molar-refractivity contribution is -0.150. The van der Waals surface area contributed by atoms with Crippen LogP contribution in [0.4, 0.5) is 0 Å². The molecule has 2 heterocycles. The van der Waals surface area contributed by atoms with E-state index >= 15 is 0 Å². The first-order valence-corrected chi connectivity index (χ1v) is 8.72. The van der Waals surface area contributed by atoms with E-state index in [-0.39, 0.29) is 30.3 Å². The Bertz CT molecular complexity index is 821. The summed E-state index contributed by atoms with van der Waals surface area (Å²) in [6.45, 7) is 1.32. The second kappa shape index (κ2) is 6.09. The van der Waals surface area contributed by atoms with Crippen LogP contribution in [0.1, 0.15) is 25.7 Å². The summed E-state index contributed by atoms with van der Waals surface area (Å²) in [6, 6.07) is 7.78. The number of para-hydroxylation sites is 2. The number of fused-ring (bicyclic) bond motifs is 2. The molecular weight excluding hydrogens is 306 g/mol. The third kappa shape index (κ3) is 2.45. The van der Waals surface area contributed by atoms with E-state index in [1.807, 2.05) is 29.2 Å². The number of morpholine rings is 1. The van der Waals surface area contributed by atoms with Crippen molar-refractivity contribution in [2.24, 2.45) is 7.05 Å². The van der Waals surface area contributed by atoms with E-state index in [4.69, 9.17) is 4.74 Å². The van der Waals surface area contributed by atoms with E-state index in [0.717, 1.165) is 30.3 Å². The molecule has 4 rings (SSSR count). The van der Waals surface area contributed by atoms with Crippen LogP contribution in [0.25, 0.3) is 11.0 Å². The molecule has 1 aliphatic heterocycles. The van der Waals surface area contributed by atoms with Crippen LogP contribution >= 0.6 is 0 Å². The minimum Gasteiger partial charge on any atom is -0.374 e. The van der Waals surface area contributed by atoms with Crippen molar-refractivity contribution in [2.45, 2.75) is 44.4 Å². The van der Waals surface area contributed by atoms with Crippen LogP contribution in [0.5, 0.6) is 0 Å². The first kappa shape index (κ1) is 15.4. The Morgan fingerprint density at radius 1 is 1.21 bits per heavy atom. The Labute approximate surface area is 140 Å². The van der Waals surface area contributed by atoms with Crippen molar-refractivity contribution in [1.82, 2.24) is 14.0 Å². The molecule has 6 heteroatoms. The van der Waals surface area contributed by atoms with Gasteiger partial charge in [-0.25, -0.2) is 4.79 Å². The zero-order chi connectivity index (χ0) is 16.7. The van der Waals surface area contributed by atoms with Crippen LogP contribution in [0.15, 0.2) is 29.1 Å². The molecule has 0 unspecified atom stereocenters. The van der Waals surface area contributed by atoms with Crippen molar-refractivity contribution in [3.05, 3.63) is 34.7 Å². The molecule has 1 amide bonds.